The summed E-state index contributed by atoms with van der Waals surface area (Å²) < 4.78 is 19.5. The number of halogens is 1. The van der Waals surface area contributed by atoms with Gasteiger partial charge in [0.2, 0.25) is 11.9 Å². The van der Waals surface area contributed by atoms with Crippen molar-refractivity contribution in [2.24, 2.45) is 0 Å². The summed E-state index contributed by atoms with van der Waals surface area (Å²) in [6, 6.07) is 1.77. The third kappa shape index (κ3) is 5.54. The predicted molar refractivity (Wildman–Crippen MR) is 115 cm³/mol. The average molecular weight is 433 g/mol. The second-order valence-electron chi connectivity index (χ2n) is 8.08. The normalized spacial score (nSPS) is 21.7. The molecule has 0 bridgehead atoms. The second kappa shape index (κ2) is 9.67. The van der Waals surface area contributed by atoms with Gasteiger partial charge in [0, 0.05) is 51.7 Å². The molecule has 168 valence electrons. The molecule has 11 heteroatoms. The van der Waals surface area contributed by atoms with E-state index in [0.717, 1.165) is 0 Å². The van der Waals surface area contributed by atoms with Crippen molar-refractivity contribution in [2.75, 3.05) is 81.2 Å². The minimum Gasteiger partial charge on any atom is -0.387 e. The van der Waals surface area contributed by atoms with Crippen molar-refractivity contribution in [1.82, 2.24) is 24.8 Å². The van der Waals surface area contributed by atoms with Gasteiger partial charge in [-0.3, -0.25) is 0 Å². The third-order valence-electron chi connectivity index (χ3n) is 5.54. The van der Waals surface area contributed by atoms with Crippen LogP contribution in [0.2, 0.25) is 0 Å². The number of ether oxygens (including phenoxy) is 1. The number of β-amino-alcohol motifs (C(OH)–C–C–N with tert-alkyl or cyclic N) is 1. The summed E-state index contributed by atoms with van der Waals surface area (Å²) in [5.74, 6) is 0.853. The lowest BCUT2D eigenvalue weighted by Gasteiger charge is -2.29. The second-order valence-corrected chi connectivity index (χ2v) is 8.08. The van der Waals surface area contributed by atoms with Gasteiger partial charge in [-0.15, -0.1) is 0 Å². The fraction of sp³-hybridized carbons (Fsp3) is 0.600. The quantitative estimate of drug-likeness (QED) is 0.602. The van der Waals surface area contributed by atoms with Crippen molar-refractivity contribution >= 4 is 17.7 Å². The molecule has 2 aliphatic heterocycles. The zero-order valence-electron chi connectivity index (χ0n) is 17.7. The number of anilines is 3. The lowest BCUT2D eigenvalue weighted by atomic mass is 10.0. The van der Waals surface area contributed by atoms with Crippen LogP contribution in [0.15, 0.2) is 24.7 Å². The number of rotatable bonds is 8. The first-order valence-corrected chi connectivity index (χ1v) is 10.5. The minimum absolute atomic E-state index is 0.192. The van der Waals surface area contributed by atoms with E-state index in [0.29, 0.717) is 77.3 Å². The van der Waals surface area contributed by atoms with Crippen LogP contribution in [0.3, 0.4) is 0 Å². The highest BCUT2D eigenvalue weighted by Gasteiger charge is 2.37. The number of nitrogens with zero attached hydrogens (tertiary/aromatic N) is 7. The Labute approximate surface area is 181 Å². The molecule has 4 heterocycles. The zero-order valence-corrected chi connectivity index (χ0v) is 17.7. The van der Waals surface area contributed by atoms with Gasteiger partial charge >= 0.3 is 0 Å². The van der Waals surface area contributed by atoms with Crippen LogP contribution in [0.25, 0.3) is 0 Å². The summed E-state index contributed by atoms with van der Waals surface area (Å²) in [5.41, 5.74) is -0.836. The van der Waals surface area contributed by atoms with Gasteiger partial charge in [0.15, 0.2) is 11.6 Å². The molecule has 2 saturated heterocycles. The van der Waals surface area contributed by atoms with Gasteiger partial charge in [-0.25, -0.2) is 19.3 Å². The van der Waals surface area contributed by atoms with Crippen LogP contribution in [0.4, 0.5) is 22.1 Å². The average Bonchev–Trinajstić information content (AvgIpc) is 3.18. The summed E-state index contributed by atoms with van der Waals surface area (Å²) in [6.07, 6.45) is 5.25. The molecule has 4 rings (SSSR count). The van der Waals surface area contributed by atoms with Crippen LogP contribution in [0, 0.1) is 5.82 Å². The van der Waals surface area contributed by atoms with Gasteiger partial charge < -0.3 is 29.9 Å². The fourth-order valence-electron chi connectivity index (χ4n) is 3.95. The molecule has 0 radical (unpaired) electrons. The van der Waals surface area contributed by atoms with Crippen molar-refractivity contribution in [1.29, 1.82) is 0 Å². The molecule has 1 atom stereocenters. The molecule has 2 N–H and O–H groups in total. The molecule has 1 unspecified atom stereocenters. The zero-order chi connectivity index (χ0) is 21.7. The monoisotopic (exact) mass is 432 g/mol. The smallest absolute Gasteiger partial charge is 0.227 e. The summed E-state index contributed by atoms with van der Waals surface area (Å²) in [6.45, 7) is 5.44. The van der Waals surface area contributed by atoms with E-state index in [1.54, 1.807) is 18.5 Å². The Balaban J connectivity index is 1.26. The molecule has 2 aromatic rings. The molecule has 0 spiro atoms. The Hall–Kier alpha value is -2.63. The largest absolute Gasteiger partial charge is 0.387 e. The van der Waals surface area contributed by atoms with E-state index in [4.69, 9.17) is 4.74 Å². The number of nitrogens with one attached hydrogen (secondary N) is 1. The van der Waals surface area contributed by atoms with Gasteiger partial charge in [0.05, 0.1) is 31.6 Å². The van der Waals surface area contributed by atoms with Crippen LogP contribution in [-0.4, -0.2) is 102 Å². The van der Waals surface area contributed by atoms with E-state index < -0.39 is 11.4 Å². The van der Waals surface area contributed by atoms with Crippen LogP contribution < -0.4 is 15.1 Å². The highest BCUT2D eigenvalue weighted by molar-refractivity contribution is 5.42. The van der Waals surface area contributed by atoms with E-state index in [-0.39, 0.29) is 5.82 Å². The highest BCUT2D eigenvalue weighted by Crippen LogP contribution is 2.25. The van der Waals surface area contributed by atoms with Gasteiger partial charge in [-0.05, 0) is 19.5 Å². The SMILES string of the molecule is CN(CCNc1nc(N2CCOCC2)ncc1F)CC1(O)CCN(c2ncccn2)C1. The van der Waals surface area contributed by atoms with Crippen molar-refractivity contribution in [2.45, 2.75) is 12.0 Å². The van der Waals surface area contributed by atoms with Gasteiger partial charge in [-0.2, -0.15) is 4.98 Å². The Morgan fingerprint density at radius 3 is 2.71 bits per heavy atom. The molecule has 2 fully saturated rings. The Bertz CT molecular complexity index is 854. The highest BCUT2D eigenvalue weighted by atomic mass is 19.1. The molecular weight excluding hydrogens is 403 g/mol. The maximum Gasteiger partial charge on any atom is 0.227 e. The van der Waals surface area contributed by atoms with Gasteiger partial charge in [0.25, 0.3) is 0 Å². The Morgan fingerprint density at radius 2 is 1.94 bits per heavy atom. The lowest BCUT2D eigenvalue weighted by molar-refractivity contribution is 0.0310. The first-order chi connectivity index (χ1) is 15.0. The van der Waals surface area contributed by atoms with Crippen molar-refractivity contribution < 1.29 is 14.2 Å². The maximum absolute atomic E-state index is 14.2. The Morgan fingerprint density at radius 1 is 1.16 bits per heavy atom. The van der Waals surface area contributed by atoms with Crippen LogP contribution >= 0.6 is 0 Å². The van der Waals surface area contributed by atoms with Crippen molar-refractivity contribution in [3.8, 4) is 0 Å². The minimum atomic E-state index is -0.836. The molecule has 0 aromatic carbocycles. The first-order valence-electron chi connectivity index (χ1n) is 10.5. The van der Waals surface area contributed by atoms with E-state index in [1.165, 1.54) is 6.20 Å². The molecule has 2 aliphatic rings. The van der Waals surface area contributed by atoms with E-state index in [2.05, 4.69) is 25.3 Å². The summed E-state index contributed by atoms with van der Waals surface area (Å²) in [7, 11) is 1.94. The van der Waals surface area contributed by atoms with Gasteiger partial charge in [-0.1, -0.05) is 0 Å². The fourth-order valence-corrected chi connectivity index (χ4v) is 3.95. The molecule has 0 amide bonds. The molecule has 31 heavy (non-hydrogen) atoms. The predicted octanol–water partition coefficient (Wildman–Crippen LogP) is 0.227. The topological polar surface area (TPSA) is 103 Å². The number of aromatic nitrogens is 4. The third-order valence-corrected chi connectivity index (χ3v) is 5.54. The number of hydrogen-bond donors (Lipinski definition) is 2. The molecule has 0 aliphatic carbocycles. The summed E-state index contributed by atoms with van der Waals surface area (Å²) in [5, 5.41) is 14.0. The van der Waals surface area contributed by atoms with E-state index >= 15 is 0 Å². The standard InChI is InChI=1S/C20H29FN8O2/c1-27(14-20(30)3-7-29(15-20)18-23-4-2-5-24-18)8-6-22-17-16(21)13-25-19(26-17)28-9-11-31-12-10-28/h2,4-5,13,30H,3,6-12,14-15H2,1H3,(H,22,25,26). The molecule has 10 nitrogen and oxygen atoms in total. The Kier molecular flexibility index (Phi) is 6.73. The van der Waals surface area contributed by atoms with Gasteiger partial charge in [0.1, 0.15) is 0 Å². The summed E-state index contributed by atoms with van der Waals surface area (Å²) in [4.78, 5) is 23.0. The van der Waals surface area contributed by atoms with Crippen molar-refractivity contribution in [3.05, 3.63) is 30.5 Å². The van der Waals surface area contributed by atoms with E-state index in [9.17, 15) is 9.50 Å². The number of aliphatic hydroxyl groups is 1. The van der Waals surface area contributed by atoms with Crippen LogP contribution in [0.1, 0.15) is 6.42 Å². The molecule has 2 aromatic heterocycles. The van der Waals surface area contributed by atoms with Crippen molar-refractivity contribution in [3.63, 3.8) is 0 Å². The van der Waals surface area contributed by atoms with Crippen LogP contribution in [-0.2, 0) is 4.74 Å². The maximum atomic E-state index is 14.2. The van der Waals surface area contributed by atoms with Crippen LogP contribution in [0.5, 0.6) is 0 Å². The number of likely N-dealkylation sites (N-methyl/N-ethyl adjacent to an activating group) is 1. The number of morpholine rings is 1. The first kappa shape index (κ1) is 21.6. The summed E-state index contributed by atoms with van der Waals surface area (Å²) >= 11 is 0. The lowest BCUT2D eigenvalue weighted by Crippen LogP contribution is -2.45. The van der Waals surface area contributed by atoms with E-state index in [1.807, 2.05) is 21.7 Å². The number of hydrogen-bond acceptors (Lipinski definition) is 10. The molecular formula is C20H29FN8O2. The molecule has 0 saturated carbocycles.